The summed E-state index contributed by atoms with van der Waals surface area (Å²) >= 11 is 5.42. The summed E-state index contributed by atoms with van der Waals surface area (Å²) in [5.41, 5.74) is 11.4. The van der Waals surface area contributed by atoms with Crippen LogP contribution in [0.5, 0.6) is 0 Å². The maximum absolute atomic E-state index is 13.4. The molecule has 0 radical (unpaired) electrons. The SMILES string of the molecule is CC(=O)C(CC(C)C)NC(=O)C(CCCCN)NC(=O)C(C)NC(=O)CNC(=O)CNC(=O)C(CCCCN)NC(=O)C(CS)NC(=O)c1ccc(CCS[C@@H]2O[C@H](CO)[C@@H](O)[C@H](O)[C@H]2O)cc1. The summed E-state index contributed by atoms with van der Waals surface area (Å²) < 4.78 is 5.52. The van der Waals surface area contributed by atoms with Gasteiger partial charge in [0.1, 0.15) is 54.0 Å². The largest absolute Gasteiger partial charge is 0.394 e. The van der Waals surface area contributed by atoms with Gasteiger partial charge in [-0.25, -0.2) is 0 Å². The predicted octanol–water partition coefficient (Wildman–Crippen LogP) is -3.13. The molecule has 10 atom stereocenters. The van der Waals surface area contributed by atoms with E-state index in [1.165, 1.54) is 25.6 Å². The van der Waals surface area contributed by atoms with Crippen molar-refractivity contribution in [3.05, 3.63) is 35.4 Å². The molecule has 1 aromatic rings. The Hall–Kier alpha value is -4.40. The topological polar surface area (TPSA) is 363 Å². The van der Waals surface area contributed by atoms with Gasteiger partial charge in [0.05, 0.1) is 25.7 Å². The van der Waals surface area contributed by atoms with Gasteiger partial charge in [-0.1, -0.05) is 26.0 Å². The quantitative estimate of drug-likeness (QED) is 0.0258. The van der Waals surface area contributed by atoms with Crippen LogP contribution in [0.1, 0.15) is 88.6 Å². The zero-order valence-corrected chi connectivity index (χ0v) is 41.0. The first-order chi connectivity index (χ1) is 32.3. The average Bonchev–Trinajstić information content (AvgIpc) is 3.30. The number of aliphatic hydroxyl groups is 4. The highest BCUT2D eigenvalue weighted by Gasteiger charge is 2.43. The van der Waals surface area contributed by atoms with E-state index in [1.807, 2.05) is 13.8 Å². The number of aryl methyl sites for hydroxylation is 1. The molecule has 2 rings (SSSR count). The number of hydrogen-bond acceptors (Lipinski definition) is 17. The summed E-state index contributed by atoms with van der Waals surface area (Å²) in [4.78, 5) is 103. The predicted molar refractivity (Wildman–Crippen MR) is 257 cm³/mol. The summed E-state index contributed by atoms with van der Waals surface area (Å²) in [6, 6.07) is 1.37. The number of aliphatic hydroxyl groups excluding tert-OH is 4. The minimum Gasteiger partial charge on any atom is -0.394 e. The number of rotatable bonds is 31. The number of ether oxygens (including phenoxy) is 1. The van der Waals surface area contributed by atoms with Crippen LogP contribution in [0.4, 0.5) is 0 Å². The molecule has 5 unspecified atom stereocenters. The zero-order valence-electron chi connectivity index (χ0n) is 39.2. The van der Waals surface area contributed by atoms with Gasteiger partial charge in [0.2, 0.25) is 35.4 Å². The summed E-state index contributed by atoms with van der Waals surface area (Å²) in [6.07, 6.45) is -1.91. The Kier molecular flexibility index (Phi) is 27.8. The normalized spacial score (nSPS) is 20.1. The van der Waals surface area contributed by atoms with Gasteiger partial charge in [0.25, 0.3) is 5.91 Å². The number of carbonyl (C=O) groups excluding carboxylic acids is 8. The number of benzene rings is 1. The first-order valence-corrected chi connectivity index (χ1v) is 24.5. The Bertz CT molecular complexity index is 1800. The van der Waals surface area contributed by atoms with Crippen LogP contribution in [0, 0.1) is 5.92 Å². The fourth-order valence-electron chi connectivity index (χ4n) is 6.81. The van der Waals surface area contributed by atoms with Crippen LogP contribution in [0.25, 0.3) is 0 Å². The van der Waals surface area contributed by atoms with Crippen molar-refractivity contribution in [1.82, 2.24) is 37.2 Å². The molecule has 0 aromatic heterocycles. The van der Waals surface area contributed by atoms with E-state index in [2.05, 4.69) is 49.8 Å². The number of thiol groups is 1. The van der Waals surface area contributed by atoms with E-state index in [4.69, 9.17) is 16.2 Å². The number of nitrogens with one attached hydrogen (secondary N) is 7. The molecular weight excluding hydrogens is 927 g/mol. The van der Waals surface area contributed by atoms with E-state index in [0.29, 0.717) is 57.4 Å². The van der Waals surface area contributed by atoms with E-state index in [9.17, 15) is 58.8 Å². The van der Waals surface area contributed by atoms with Gasteiger partial charge < -0.3 is 73.8 Å². The number of thioether (sulfide) groups is 1. The molecule has 1 heterocycles. The van der Waals surface area contributed by atoms with E-state index >= 15 is 0 Å². The molecule has 0 saturated carbocycles. The van der Waals surface area contributed by atoms with Gasteiger partial charge in [0, 0.05) is 11.3 Å². The van der Waals surface area contributed by atoms with Crippen LogP contribution in [0.3, 0.4) is 0 Å². The molecule has 7 amide bonds. The Morgan fingerprint density at radius 1 is 0.691 bits per heavy atom. The van der Waals surface area contributed by atoms with E-state index in [0.717, 1.165) is 5.56 Å². The fraction of sp³-hybridized carbons (Fsp3) is 0.682. The van der Waals surface area contributed by atoms with Crippen LogP contribution in [-0.2, 0) is 44.7 Å². The van der Waals surface area contributed by atoms with Crippen LogP contribution in [0.15, 0.2) is 24.3 Å². The lowest BCUT2D eigenvalue weighted by Crippen LogP contribution is -2.57. The molecule has 0 spiro atoms. The highest BCUT2D eigenvalue weighted by Crippen LogP contribution is 2.29. The van der Waals surface area contributed by atoms with Gasteiger partial charge in [-0.15, -0.1) is 11.8 Å². The smallest absolute Gasteiger partial charge is 0.251 e. The molecule has 68 heavy (non-hydrogen) atoms. The minimum atomic E-state index is -1.47. The Balaban J connectivity index is 1.90. The van der Waals surface area contributed by atoms with Gasteiger partial charge in [-0.2, -0.15) is 12.6 Å². The first kappa shape index (κ1) is 59.7. The Morgan fingerprint density at radius 2 is 1.25 bits per heavy atom. The third-order valence-electron chi connectivity index (χ3n) is 10.9. The lowest BCUT2D eigenvalue weighted by molar-refractivity contribution is -0.205. The van der Waals surface area contributed by atoms with E-state index in [-0.39, 0.29) is 35.9 Å². The summed E-state index contributed by atoms with van der Waals surface area (Å²) in [7, 11) is 0. The van der Waals surface area contributed by atoms with Crippen LogP contribution < -0.4 is 48.7 Å². The molecule has 384 valence electrons. The van der Waals surface area contributed by atoms with Crippen molar-refractivity contribution >= 4 is 71.5 Å². The monoisotopic (exact) mass is 999 g/mol. The Morgan fingerprint density at radius 3 is 1.81 bits per heavy atom. The van der Waals surface area contributed by atoms with Crippen molar-refractivity contribution in [3.8, 4) is 0 Å². The molecule has 0 aliphatic carbocycles. The lowest BCUT2D eigenvalue weighted by atomic mass is 10.00. The van der Waals surface area contributed by atoms with Gasteiger partial charge in [-0.3, -0.25) is 38.4 Å². The summed E-state index contributed by atoms with van der Waals surface area (Å²) in [5.74, 6) is -4.51. The van der Waals surface area contributed by atoms with Crippen molar-refractivity contribution in [3.63, 3.8) is 0 Å². The molecule has 15 N–H and O–H groups in total. The number of ketones is 1. The fourth-order valence-corrected chi connectivity index (χ4v) is 8.23. The average molecular weight is 1000 g/mol. The number of amides is 7. The second-order valence-corrected chi connectivity index (χ2v) is 18.6. The van der Waals surface area contributed by atoms with Crippen LogP contribution in [-0.4, -0.2) is 172 Å². The van der Waals surface area contributed by atoms with Crippen molar-refractivity contribution in [2.24, 2.45) is 17.4 Å². The highest BCUT2D eigenvalue weighted by atomic mass is 32.2. The third-order valence-corrected chi connectivity index (χ3v) is 12.4. The standard InChI is InChI=1S/C44H73N9O13S2/c1-24(2)19-31(26(4)55)52-42(64)30(10-6-8-17-46)50-39(61)25(3)49-35(57)21-47-34(56)20-48-41(63)29(9-5-7-16-45)51-43(65)32(23-67)53-40(62)28-13-11-27(12-14-28)15-18-68-44-38(60)37(59)36(58)33(22-54)66-44/h11-14,24-25,29-33,36-38,44,54,58-60,67H,5-10,15-23,45-46H2,1-4H3,(H,47,56)(H,48,63)(H,49,57)(H,50,61)(H,51,65)(H,52,64)(H,53,62)/t25?,29?,30?,31?,32?,33-,36-,37+,38-,44+/m1/s1. The number of unbranched alkanes of at least 4 members (excludes halogenated alkanes) is 2. The summed E-state index contributed by atoms with van der Waals surface area (Å²) in [6.45, 7) is 5.64. The van der Waals surface area contributed by atoms with Crippen LogP contribution >= 0.6 is 24.4 Å². The van der Waals surface area contributed by atoms with Crippen molar-refractivity contribution in [2.45, 2.75) is 139 Å². The molecule has 24 heteroatoms. The molecule has 1 saturated heterocycles. The van der Waals surface area contributed by atoms with Gasteiger partial charge in [0.15, 0.2) is 5.78 Å². The molecule has 1 aliphatic rings. The maximum atomic E-state index is 13.4. The molecule has 1 fully saturated rings. The second kappa shape index (κ2) is 31.7. The van der Waals surface area contributed by atoms with E-state index < -0.39 is 121 Å². The zero-order chi connectivity index (χ0) is 50.9. The number of Topliss-reactive ketones (excluding diaryl/α,β-unsaturated/α-hetero) is 1. The molecule has 1 aliphatic heterocycles. The van der Waals surface area contributed by atoms with Gasteiger partial charge >= 0.3 is 0 Å². The number of hydrogen-bond donors (Lipinski definition) is 14. The first-order valence-electron chi connectivity index (χ1n) is 22.8. The number of nitrogens with two attached hydrogens (primary N) is 2. The maximum Gasteiger partial charge on any atom is 0.251 e. The second-order valence-electron chi connectivity index (χ2n) is 17.0. The van der Waals surface area contributed by atoms with Crippen molar-refractivity contribution in [2.75, 3.05) is 44.3 Å². The molecule has 1 aromatic carbocycles. The number of carbonyl (C=O) groups is 8. The molecular formula is C44H73N9O13S2. The van der Waals surface area contributed by atoms with Crippen molar-refractivity contribution < 1.29 is 63.5 Å². The van der Waals surface area contributed by atoms with Crippen molar-refractivity contribution in [1.29, 1.82) is 0 Å². The minimum absolute atomic E-state index is 0.126. The van der Waals surface area contributed by atoms with Gasteiger partial charge in [-0.05, 0) is 108 Å². The van der Waals surface area contributed by atoms with E-state index in [1.54, 1.807) is 24.3 Å². The highest BCUT2D eigenvalue weighted by molar-refractivity contribution is 7.99. The summed E-state index contributed by atoms with van der Waals surface area (Å²) in [5, 5.41) is 57.5. The lowest BCUT2D eigenvalue weighted by Gasteiger charge is -2.39. The molecule has 0 bridgehead atoms. The Labute approximate surface area is 407 Å². The molecule has 22 nitrogen and oxygen atoms in total. The van der Waals surface area contributed by atoms with Crippen LogP contribution in [0.2, 0.25) is 0 Å². The third kappa shape index (κ3) is 21.1.